The first-order valence-corrected chi connectivity index (χ1v) is 5.23. The van der Waals surface area contributed by atoms with E-state index in [1.54, 1.807) is 12.1 Å². The molecule has 1 amide bonds. The summed E-state index contributed by atoms with van der Waals surface area (Å²) in [5, 5.41) is 9.59. The molecule has 0 bridgehead atoms. The minimum atomic E-state index is -0.205. The van der Waals surface area contributed by atoms with Crippen molar-refractivity contribution in [3.8, 4) is 23.8 Å². The molecule has 0 unspecified atom stereocenters. The number of hydrogen-bond acceptors (Lipinski definition) is 3. The summed E-state index contributed by atoms with van der Waals surface area (Å²) in [5.74, 6) is 2.49. The number of phenolic OH excluding ortho intramolecular Hbond substituents is 1. The van der Waals surface area contributed by atoms with Gasteiger partial charge in [-0.1, -0.05) is 5.92 Å². The topological polar surface area (TPSA) is 49.8 Å². The minimum Gasteiger partial charge on any atom is -0.504 e. The molecule has 1 aromatic rings. The van der Waals surface area contributed by atoms with Crippen molar-refractivity contribution in [3.05, 3.63) is 23.8 Å². The summed E-state index contributed by atoms with van der Waals surface area (Å²) in [6, 6.07) is 4.52. The molecule has 0 aliphatic carbocycles. The van der Waals surface area contributed by atoms with Crippen molar-refractivity contribution < 1.29 is 14.6 Å². The Balaban J connectivity index is 2.97. The third-order valence-electron chi connectivity index (χ3n) is 2.38. The number of rotatable bonds is 4. The summed E-state index contributed by atoms with van der Waals surface area (Å²) < 4.78 is 4.91. The standard InChI is InChI=1S/C13H15NO3/c1-4-8-14(5-2)13(16)10-6-7-12(17-3)11(15)9-10/h1,6-7,9,15H,5,8H2,2-3H3. The number of methoxy groups -OCH3 is 1. The number of carbonyl (C=O) groups is 1. The Morgan fingerprint density at radius 1 is 1.59 bits per heavy atom. The lowest BCUT2D eigenvalue weighted by atomic mass is 10.1. The maximum atomic E-state index is 12.0. The van der Waals surface area contributed by atoms with Crippen molar-refractivity contribution in [2.45, 2.75) is 6.92 Å². The van der Waals surface area contributed by atoms with Crippen molar-refractivity contribution in [2.75, 3.05) is 20.2 Å². The van der Waals surface area contributed by atoms with Crippen LogP contribution >= 0.6 is 0 Å². The number of hydrogen-bond donors (Lipinski definition) is 1. The van der Waals surface area contributed by atoms with Crippen LogP contribution in [0.25, 0.3) is 0 Å². The van der Waals surface area contributed by atoms with E-state index in [4.69, 9.17) is 11.2 Å². The van der Waals surface area contributed by atoms with Crippen LogP contribution in [0, 0.1) is 12.3 Å². The van der Waals surface area contributed by atoms with Gasteiger partial charge < -0.3 is 14.7 Å². The molecular formula is C13H15NO3. The van der Waals surface area contributed by atoms with E-state index in [9.17, 15) is 9.90 Å². The largest absolute Gasteiger partial charge is 0.504 e. The first kappa shape index (κ1) is 12.9. The Hall–Kier alpha value is -2.15. The third-order valence-corrected chi connectivity index (χ3v) is 2.38. The molecule has 1 N–H and O–H groups in total. The van der Waals surface area contributed by atoms with E-state index < -0.39 is 0 Å². The summed E-state index contributed by atoms with van der Waals surface area (Å²) in [6.07, 6.45) is 5.18. The highest BCUT2D eigenvalue weighted by molar-refractivity contribution is 5.95. The van der Waals surface area contributed by atoms with Crippen LogP contribution in [0.3, 0.4) is 0 Å². The van der Waals surface area contributed by atoms with Crippen LogP contribution in [0.2, 0.25) is 0 Å². The molecule has 0 aliphatic heterocycles. The second-order valence-corrected chi connectivity index (χ2v) is 3.41. The SMILES string of the molecule is C#CCN(CC)C(=O)c1ccc(OC)c(O)c1. The fraction of sp³-hybridized carbons (Fsp3) is 0.308. The van der Waals surface area contributed by atoms with E-state index >= 15 is 0 Å². The molecule has 1 aromatic carbocycles. The van der Waals surface area contributed by atoms with Gasteiger partial charge in [-0.15, -0.1) is 6.42 Å². The Morgan fingerprint density at radius 2 is 2.29 bits per heavy atom. The van der Waals surface area contributed by atoms with Crippen LogP contribution < -0.4 is 4.74 Å². The molecule has 4 nitrogen and oxygen atoms in total. The second-order valence-electron chi connectivity index (χ2n) is 3.41. The lowest BCUT2D eigenvalue weighted by molar-refractivity contribution is 0.0784. The number of nitrogens with zero attached hydrogens (tertiary/aromatic N) is 1. The van der Waals surface area contributed by atoms with Crippen LogP contribution in [-0.2, 0) is 0 Å². The second kappa shape index (κ2) is 5.80. The molecule has 1 rings (SSSR count). The van der Waals surface area contributed by atoms with Crippen molar-refractivity contribution >= 4 is 5.91 Å². The van der Waals surface area contributed by atoms with Crippen molar-refractivity contribution in [1.82, 2.24) is 4.90 Å². The van der Waals surface area contributed by atoms with Gasteiger partial charge in [0.2, 0.25) is 0 Å². The lowest BCUT2D eigenvalue weighted by Crippen LogP contribution is -2.31. The summed E-state index contributed by atoms with van der Waals surface area (Å²) in [6.45, 7) is 2.62. The van der Waals surface area contributed by atoms with E-state index in [1.807, 2.05) is 6.92 Å². The fourth-order valence-electron chi connectivity index (χ4n) is 1.44. The maximum Gasteiger partial charge on any atom is 0.254 e. The van der Waals surface area contributed by atoms with Gasteiger partial charge in [-0.25, -0.2) is 0 Å². The zero-order valence-electron chi connectivity index (χ0n) is 9.93. The van der Waals surface area contributed by atoms with Gasteiger partial charge in [0.05, 0.1) is 13.7 Å². The zero-order chi connectivity index (χ0) is 12.8. The number of aromatic hydroxyl groups is 1. The lowest BCUT2D eigenvalue weighted by Gasteiger charge is -2.18. The third kappa shape index (κ3) is 2.91. The van der Waals surface area contributed by atoms with Crippen LogP contribution in [-0.4, -0.2) is 36.1 Å². The molecule has 4 heteroatoms. The summed E-state index contributed by atoms with van der Waals surface area (Å²) >= 11 is 0. The van der Waals surface area contributed by atoms with Gasteiger partial charge in [0.25, 0.3) is 5.91 Å². The quantitative estimate of drug-likeness (QED) is 0.802. The van der Waals surface area contributed by atoms with Crippen molar-refractivity contribution in [1.29, 1.82) is 0 Å². The maximum absolute atomic E-state index is 12.0. The predicted molar refractivity (Wildman–Crippen MR) is 65.1 cm³/mol. The van der Waals surface area contributed by atoms with E-state index in [1.165, 1.54) is 18.1 Å². The highest BCUT2D eigenvalue weighted by atomic mass is 16.5. The highest BCUT2D eigenvalue weighted by Crippen LogP contribution is 2.26. The Labute approximate surface area is 101 Å². The van der Waals surface area contributed by atoms with Gasteiger partial charge in [0.15, 0.2) is 11.5 Å². The molecule has 0 fully saturated rings. The predicted octanol–water partition coefficient (Wildman–Crippen LogP) is 1.50. The van der Waals surface area contributed by atoms with E-state index in [0.29, 0.717) is 17.9 Å². The number of phenols is 1. The fourth-order valence-corrected chi connectivity index (χ4v) is 1.44. The first-order valence-electron chi connectivity index (χ1n) is 5.23. The molecular weight excluding hydrogens is 218 g/mol. The van der Waals surface area contributed by atoms with E-state index in [-0.39, 0.29) is 18.2 Å². The number of amides is 1. The molecule has 0 saturated carbocycles. The molecule has 0 saturated heterocycles. The Kier molecular flexibility index (Phi) is 4.41. The van der Waals surface area contributed by atoms with Gasteiger partial charge in [0, 0.05) is 12.1 Å². The summed E-state index contributed by atoms with van der Waals surface area (Å²) in [7, 11) is 1.45. The van der Waals surface area contributed by atoms with Crippen molar-refractivity contribution in [3.63, 3.8) is 0 Å². The van der Waals surface area contributed by atoms with Gasteiger partial charge in [0.1, 0.15) is 0 Å². The zero-order valence-corrected chi connectivity index (χ0v) is 9.93. The average Bonchev–Trinajstić information content (AvgIpc) is 2.35. The Bertz CT molecular complexity index is 448. The molecule has 17 heavy (non-hydrogen) atoms. The first-order chi connectivity index (χ1) is 8.13. The number of ether oxygens (including phenoxy) is 1. The van der Waals surface area contributed by atoms with Gasteiger partial charge in [-0.2, -0.15) is 0 Å². The highest BCUT2D eigenvalue weighted by Gasteiger charge is 2.14. The van der Waals surface area contributed by atoms with E-state index in [0.717, 1.165) is 0 Å². The van der Waals surface area contributed by atoms with Gasteiger partial charge >= 0.3 is 0 Å². The number of carbonyl (C=O) groups excluding carboxylic acids is 1. The summed E-state index contributed by atoms with van der Waals surface area (Å²) in [5.41, 5.74) is 0.389. The molecule has 0 aromatic heterocycles. The van der Waals surface area contributed by atoms with E-state index in [2.05, 4.69) is 5.92 Å². The van der Waals surface area contributed by atoms with Gasteiger partial charge in [-0.3, -0.25) is 4.79 Å². The molecule has 90 valence electrons. The summed E-state index contributed by atoms with van der Waals surface area (Å²) in [4.78, 5) is 13.5. The monoisotopic (exact) mass is 233 g/mol. The molecule has 0 aliphatic rings. The molecule has 0 atom stereocenters. The van der Waals surface area contributed by atoms with Crippen LogP contribution in [0.5, 0.6) is 11.5 Å². The minimum absolute atomic E-state index is 0.0601. The number of benzene rings is 1. The molecule has 0 radical (unpaired) electrons. The van der Waals surface area contributed by atoms with Crippen LogP contribution in [0.4, 0.5) is 0 Å². The van der Waals surface area contributed by atoms with Crippen LogP contribution in [0.15, 0.2) is 18.2 Å². The van der Waals surface area contributed by atoms with Crippen LogP contribution in [0.1, 0.15) is 17.3 Å². The normalized spacial score (nSPS) is 9.47. The average molecular weight is 233 g/mol. The van der Waals surface area contributed by atoms with Crippen molar-refractivity contribution in [2.24, 2.45) is 0 Å². The number of terminal acetylenes is 1. The smallest absolute Gasteiger partial charge is 0.254 e. The Morgan fingerprint density at radius 3 is 2.76 bits per heavy atom. The molecule has 0 heterocycles. The van der Waals surface area contributed by atoms with Gasteiger partial charge in [-0.05, 0) is 25.1 Å². The molecule has 0 spiro atoms.